The third-order valence-corrected chi connectivity index (χ3v) is 2.98. The van der Waals surface area contributed by atoms with Crippen molar-refractivity contribution in [2.45, 2.75) is 6.54 Å². The molecule has 6 nitrogen and oxygen atoms in total. The molecule has 0 unspecified atom stereocenters. The van der Waals surface area contributed by atoms with Gasteiger partial charge >= 0.3 is 0 Å². The van der Waals surface area contributed by atoms with Crippen LogP contribution in [0.2, 0.25) is 0 Å². The smallest absolute Gasteiger partial charge is 0.246 e. The Hall–Kier alpha value is -2.02. The van der Waals surface area contributed by atoms with Gasteiger partial charge in [-0.2, -0.15) is 5.10 Å². The van der Waals surface area contributed by atoms with Gasteiger partial charge in [0, 0.05) is 18.0 Å². The topological polar surface area (TPSA) is 65.4 Å². The maximum absolute atomic E-state index is 11.9. The lowest BCUT2D eigenvalue weighted by molar-refractivity contribution is -0.116. The van der Waals surface area contributed by atoms with Gasteiger partial charge in [0.25, 0.3) is 0 Å². The second-order valence-electron chi connectivity index (χ2n) is 3.97. The number of halogens is 1. The second kappa shape index (κ2) is 6.42. The van der Waals surface area contributed by atoms with E-state index in [1.807, 2.05) is 0 Å². The number of anilines is 1. The van der Waals surface area contributed by atoms with Gasteiger partial charge in [0.2, 0.25) is 5.91 Å². The summed E-state index contributed by atoms with van der Waals surface area (Å²) in [6.45, 7) is 0.139. The average molecular weight is 340 g/mol. The number of rotatable bonds is 5. The predicted molar refractivity (Wildman–Crippen MR) is 78.1 cm³/mol. The van der Waals surface area contributed by atoms with Crippen molar-refractivity contribution in [3.05, 3.63) is 35.1 Å². The number of methoxy groups -OCH3 is 2. The quantitative estimate of drug-likeness (QED) is 0.907. The third-order valence-electron chi connectivity index (χ3n) is 2.57. The van der Waals surface area contributed by atoms with E-state index in [4.69, 9.17) is 9.47 Å². The second-order valence-corrected chi connectivity index (χ2v) is 4.89. The molecule has 0 radical (unpaired) electrons. The van der Waals surface area contributed by atoms with Gasteiger partial charge < -0.3 is 14.8 Å². The first-order valence-corrected chi connectivity index (χ1v) is 6.61. The molecule has 0 saturated carbocycles. The molecule has 0 aliphatic rings. The van der Waals surface area contributed by atoms with Crippen LogP contribution in [-0.2, 0) is 11.3 Å². The highest BCUT2D eigenvalue weighted by Gasteiger charge is 2.08. The minimum atomic E-state index is -0.173. The number of benzene rings is 1. The molecule has 7 heteroatoms. The van der Waals surface area contributed by atoms with Crippen molar-refractivity contribution in [3.8, 4) is 11.5 Å². The molecule has 0 bridgehead atoms. The third kappa shape index (κ3) is 3.51. The molecule has 0 aliphatic carbocycles. The van der Waals surface area contributed by atoms with Gasteiger partial charge in [0.1, 0.15) is 6.54 Å². The lowest BCUT2D eigenvalue weighted by atomic mass is 10.2. The number of hydrogen-bond donors (Lipinski definition) is 1. The first-order chi connectivity index (χ1) is 9.62. The van der Waals surface area contributed by atoms with Crippen LogP contribution in [0.3, 0.4) is 0 Å². The molecular formula is C13H14BrN3O3. The van der Waals surface area contributed by atoms with Crippen LogP contribution >= 0.6 is 15.9 Å². The first kappa shape index (κ1) is 14.4. The summed E-state index contributed by atoms with van der Waals surface area (Å²) in [5, 5.41) is 6.80. The molecule has 0 aliphatic heterocycles. The van der Waals surface area contributed by atoms with Gasteiger partial charge in [-0.15, -0.1) is 0 Å². The van der Waals surface area contributed by atoms with Crippen LogP contribution in [-0.4, -0.2) is 29.9 Å². The number of hydrogen-bond acceptors (Lipinski definition) is 4. The van der Waals surface area contributed by atoms with Crippen molar-refractivity contribution >= 4 is 27.5 Å². The zero-order chi connectivity index (χ0) is 14.5. The Morgan fingerprint density at radius 3 is 2.70 bits per heavy atom. The molecule has 1 heterocycles. The van der Waals surface area contributed by atoms with E-state index in [2.05, 4.69) is 26.3 Å². The lowest BCUT2D eigenvalue weighted by Crippen LogP contribution is -2.19. The number of nitrogens with zero attached hydrogens (tertiary/aromatic N) is 2. The number of aromatic nitrogens is 2. The van der Waals surface area contributed by atoms with E-state index in [1.165, 1.54) is 0 Å². The van der Waals surface area contributed by atoms with Crippen molar-refractivity contribution in [2.75, 3.05) is 19.5 Å². The molecule has 2 rings (SSSR count). The highest BCUT2D eigenvalue weighted by Crippen LogP contribution is 2.29. The van der Waals surface area contributed by atoms with E-state index in [0.717, 1.165) is 4.47 Å². The molecule has 106 valence electrons. The fourth-order valence-electron chi connectivity index (χ4n) is 1.69. The van der Waals surface area contributed by atoms with Gasteiger partial charge in [-0.25, -0.2) is 0 Å². The standard InChI is InChI=1S/C13H14BrN3O3/c1-19-11-4-3-10(5-12(11)20-2)16-13(18)8-17-7-9(14)6-15-17/h3-7H,8H2,1-2H3,(H,16,18). The Morgan fingerprint density at radius 2 is 2.10 bits per heavy atom. The predicted octanol–water partition coefficient (Wildman–Crippen LogP) is 2.30. The number of carbonyl (C=O) groups excluding carboxylic acids is 1. The van der Waals surface area contributed by atoms with Crippen molar-refractivity contribution in [3.63, 3.8) is 0 Å². The maximum Gasteiger partial charge on any atom is 0.246 e. The summed E-state index contributed by atoms with van der Waals surface area (Å²) in [6.07, 6.45) is 3.36. The van der Waals surface area contributed by atoms with Crippen molar-refractivity contribution in [1.82, 2.24) is 9.78 Å². The monoisotopic (exact) mass is 339 g/mol. The first-order valence-electron chi connectivity index (χ1n) is 5.82. The van der Waals surface area contributed by atoms with E-state index in [-0.39, 0.29) is 12.5 Å². The summed E-state index contributed by atoms with van der Waals surface area (Å²) >= 11 is 3.28. The summed E-state index contributed by atoms with van der Waals surface area (Å²) in [5.74, 6) is 1.00. The molecule has 20 heavy (non-hydrogen) atoms. The fourth-order valence-corrected chi connectivity index (χ4v) is 2.01. The molecule has 0 atom stereocenters. The van der Waals surface area contributed by atoms with Crippen molar-refractivity contribution in [1.29, 1.82) is 0 Å². The molecule has 0 saturated heterocycles. The van der Waals surface area contributed by atoms with Crippen molar-refractivity contribution < 1.29 is 14.3 Å². The van der Waals surface area contributed by atoms with E-state index >= 15 is 0 Å². The summed E-state index contributed by atoms with van der Waals surface area (Å²) < 4.78 is 12.7. The van der Waals surface area contributed by atoms with E-state index in [0.29, 0.717) is 17.2 Å². The van der Waals surface area contributed by atoms with Gasteiger partial charge in [-0.1, -0.05) is 0 Å². The van der Waals surface area contributed by atoms with Gasteiger partial charge in [-0.3, -0.25) is 9.48 Å². The van der Waals surface area contributed by atoms with E-state index in [9.17, 15) is 4.79 Å². The molecule has 1 aromatic heterocycles. The van der Waals surface area contributed by atoms with Crippen LogP contribution in [0.4, 0.5) is 5.69 Å². The largest absolute Gasteiger partial charge is 0.493 e. The SMILES string of the molecule is COc1ccc(NC(=O)Cn2cc(Br)cn2)cc1OC. The van der Waals surface area contributed by atoms with Crippen LogP contribution < -0.4 is 14.8 Å². The molecule has 0 fully saturated rings. The van der Waals surface area contributed by atoms with Gasteiger partial charge in [0.05, 0.1) is 24.9 Å². The molecule has 1 aromatic carbocycles. The Labute approximate surface area is 124 Å². The molecule has 1 N–H and O–H groups in total. The zero-order valence-corrected chi connectivity index (χ0v) is 12.7. The number of ether oxygens (including phenoxy) is 2. The zero-order valence-electron chi connectivity index (χ0n) is 11.1. The molecule has 1 amide bonds. The van der Waals surface area contributed by atoms with Gasteiger partial charge in [-0.05, 0) is 28.1 Å². The minimum Gasteiger partial charge on any atom is -0.493 e. The lowest BCUT2D eigenvalue weighted by Gasteiger charge is -2.10. The Kier molecular flexibility index (Phi) is 4.62. The molecular weight excluding hydrogens is 326 g/mol. The molecule has 0 spiro atoms. The summed E-state index contributed by atoms with van der Waals surface area (Å²) in [4.78, 5) is 11.9. The minimum absolute atomic E-state index is 0.139. The Balaban J connectivity index is 2.04. The Bertz CT molecular complexity index is 613. The average Bonchev–Trinajstić information content (AvgIpc) is 2.83. The van der Waals surface area contributed by atoms with Crippen LogP contribution in [0.1, 0.15) is 0 Å². The number of carbonyl (C=O) groups is 1. The van der Waals surface area contributed by atoms with Gasteiger partial charge in [0.15, 0.2) is 11.5 Å². The van der Waals surface area contributed by atoms with Crippen LogP contribution in [0.5, 0.6) is 11.5 Å². The summed E-state index contributed by atoms with van der Waals surface area (Å²) in [5.41, 5.74) is 0.638. The normalized spacial score (nSPS) is 10.2. The highest BCUT2D eigenvalue weighted by molar-refractivity contribution is 9.10. The summed E-state index contributed by atoms with van der Waals surface area (Å²) in [7, 11) is 3.11. The van der Waals surface area contributed by atoms with E-state index in [1.54, 1.807) is 49.5 Å². The van der Waals surface area contributed by atoms with Crippen molar-refractivity contribution in [2.24, 2.45) is 0 Å². The van der Waals surface area contributed by atoms with Crippen LogP contribution in [0.15, 0.2) is 35.1 Å². The maximum atomic E-state index is 11.9. The number of amides is 1. The fraction of sp³-hybridized carbons (Fsp3) is 0.231. The highest BCUT2D eigenvalue weighted by atomic mass is 79.9. The van der Waals surface area contributed by atoms with Crippen LogP contribution in [0, 0.1) is 0 Å². The van der Waals surface area contributed by atoms with E-state index < -0.39 is 0 Å². The number of nitrogens with one attached hydrogen (secondary N) is 1. The van der Waals surface area contributed by atoms with Crippen LogP contribution in [0.25, 0.3) is 0 Å². The molecule has 2 aromatic rings. The summed E-state index contributed by atoms with van der Waals surface area (Å²) in [6, 6.07) is 5.19. The Morgan fingerprint density at radius 1 is 1.35 bits per heavy atom.